The molecule has 2 atom stereocenters. The van der Waals surface area contributed by atoms with E-state index in [0.29, 0.717) is 50.0 Å². The predicted molar refractivity (Wildman–Crippen MR) is 194 cm³/mol. The van der Waals surface area contributed by atoms with Gasteiger partial charge in [0.25, 0.3) is 0 Å². The first-order valence-corrected chi connectivity index (χ1v) is 18.5. The summed E-state index contributed by atoms with van der Waals surface area (Å²) in [6.07, 6.45) is 6.53. The van der Waals surface area contributed by atoms with Gasteiger partial charge in [-0.1, -0.05) is 73.3 Å². The van der Waals surface area contributed by atoms with Gasteiger partial charge in [-0.25, -0.2) is 4.79 Å². The predicted octanol–water partition coefficient (Wildman–Crippen LogP) is 5.42. The molecule has 0 aromatic heterocycles. The molecule has 2 aromatic carbocycles. The molecule has 50 heavy (non-hydrogen) atoms. The minimum atomic E-state index is -0.830. The zero-order chi connectivity index (χ0) is 35.9. The molecule has 2 aromatic rings. The normalized spacial score (nSPS) is 20.9. The second-order valence-electron chi connectivity index (χ2n) is 15.4. The lowest BCUT2D eigenvalue weighted by atomic mass is 9.63. The van der Waals surface area contributed by atoms with Gasteiger partial charge in [0.1, 0.15) is 18.7 Å². The molecule has 4 amide bonds. The Morgan fingerprint density at radius 2 is 1.54 bits per heavy atom. The molecular weight excluding hydrogens is 654 g/mol. The molecule has 1 aliphatic carbocycles. The third-order valence-corrected chi connectivity index (χ3v) is 10.9. The standard InChI is InChI=1S/C39H54ClN5O5/c1-38(2,3)42-36(48)39(30-13-9-6-10-14-30)19-21-44(22-20-39)35(47)32(25-28-15-17-31(40)18-16-28)41-34(46)33-26-45(24-23-43(33)4)37(49)50-27-29-11-7-5-8-12-29/h5,7-8,11-12,15-18,30,32-33H,6,9-10,13-14,19-27H2,1-4H3,(H,41,46)(H,42,48)/t32-,33+/m1/s1. The maximum Gasteiger partial charge on any atom is 0.410 e. The van der Waals surface area contributed by atoms with Crippen molar-refractivity contribution in [1.82, 2.24) is 25.3 Å². The fraction of sp³-hybridized carbons (Fsp3) is 0.590. The van der Waals surface area contributed by atoms with E-state index in [1.54, 1.807) is 17.0 Å². The molecule has 2 heterocycles. The van der Waals surface area contributed by atoms with E-state index in [4.69, 9.17) is 16.3 Å². The topological polar surface area (TPSA) is 111 Å². The molecule has 5 rings (SSSR count). The van der Waals surface area contributed by atoms with Crippen LogP contribution in [0, 0.1) is 11.3 Å². The van der Waals surface area contributed by atoms with Crippen molar-refractivity contribution in [3.63, 3.8) is 0 Å². The van der Waals surface area contributed by atoms with Gasteiger partial charge in [0.2, 0.25) is 17.7 Å². The van der Waals surface area contributed by atoms with Crippen molar-refractivity contribution in [1.29, 1.82) is 0 Å². The van der Waals surface area contributed by atoms with Crippen LogP contribution in [0.15, 0.2) is 54.6 Å². The SMILES string of the molecule is CN1CCN(C(=O)OCc2ccccc2)C[C@H]1C(=O)N[C@H](Cc1ccc(Cl)cc1)C(=O)N1CCC(C(=O)NC(C)(C)C)(C2CCCCC2)CC1. The average Bonchev–Trinajstić information content (AvgIpc) is 3.11. The highest BCUT2D eigenvalue weighted by atomic mass is 35.5. The maximum absolute atomic E-state index is 14.3. The van der Waals surface area contributed by atoms with Gasteiger partial charge in [0.15, 0.2) is 0 Å². The molecule has 0 radical (unpaired) electrons. The van der Waals surface area contributed by atoms with Crippen LogP contribution >= 0.6 is 11.6 Å². The number of nitrogens with zero attached hydrogens (tertiary/aromatic N) is 3. The van der Waals surface area contributed by atoms with Crippen LogP contribution in [0.3, 0.4) is 0 Å². The van der Waals surface area contributed by atoms with Crippen LogP contribution in [-0.2, 0) is 32.1 Å². The number of benzene rings is 2. The van der Waals surface area contributed by atoms with Crippen molar-refractivity contribution in [2.75, 3.05) is 39.8 Å². The molecule has 0 unspecified atom stereocenters. The van der Waals surface area contributed by atoms with E-state index in [1.165, 1.54) is 6.42 Å². The minimum absolute atomic E-state index is 0.0993. The number of hydrogen-bond acceptors (Lipinski definition) is 6. The van der Waals surface area contributed by atoms with Gasteiger partial charge in [-0.15, -0.1) is 0 Å². The quantitative estimate of drug-likeness (QED) is 0.360. The molecular formula is C39H54ClN5O5. The summed E-state index contributed by atoms with van der Waals surface area (Å²) in [5, 5.41) is 6.93. The summed E-state index contributed by atoms with van der Waals surface area (Å²) >= 11 is 6.16. The Morgan fingerprint density at radius 1 is 0.880 bits per heavy atom. The van der Waals surface area contributed by atoms with Crippen molar-refractivity contribution < 1.29 is 23.9 Å². The van der Waals surface area contributed by atoms with Crippen molar-refractivity contribution >= 4 is 35.4 Å². The zero-order valence-corrected chi connectivity index (χ0v) is 30.8. The lowest BCUT2D eigenvalue weighted by molar-refractivity contribution is -0.147. The van der Waals surface area contributed by atoms with Crippen LogP contribution in [0.25, 0.3) is 0 Å². The van der Waals surface area contributed by atoms with Gasteiger partial charge in [-0.2, -0.15) is 0 Å². The largest absolute Gasteiger partial charge is 0.445 e. The molecule has 272 valence electrons. The lowest BCUT2D eigenvalue weighted by Crippen LogP contribution is -2.62. The smallest absolute Gasteiger partial charge is 0.410 e. The molecule has 0 bridgehead atoms. The molecule has 2 aliphatic heterocycles. The fourth-order valence-corrected chi connectivity index (χ4v) is 7.87. The molecule has 1 saturated carbocycles. The Hall–Kier alpha value is -3.63. The van der Waals surface area contributed by atoms with Crippen molar-refractivity contribution in [2.24, 2.45) is 11.3 Å². The van der Waals surface area contributed by atoms with Gasteiger partial charge in [0, 0.05) is 49.7 Å². The number of piperazine rings is 1. The monoisotopic (exact) mass is 707 g/mol. The summed E-state index contributed by atoms with van der Waals surface area (Å²) in [5.41, 5.74) is 0.897. The first kappa shape index (κ1) is 37.6. The third kappa shape index (κ3) is 9.57. The van der Waals surface area contributed by atoms with Gasteiger partial charge in [-0.05, 0) is 82.7 Å². The number of carbonyl (C=O) groups is 4. The number of likely N-dealkylation sites (tertiary alicyclic amines) is 1. The highest BCUT2D eigenvalue weighted by molar-refractivity contribution is 6.30. The van der Waals surface area contributed by atoms with Crippen LogP contribution in [0.2, 0.25) is 5.02 Å². The third-order valence-electron chi connectivity index (χ3n) is 10.7. The number of piperidine rings is 1. The van der Waals surface area contributed by atoms with E-state index in [1.807, 2.05) is 80.1 Å². The van der Waals surface area contributed by atoms with Gasteiger partial charge >= 0.3 is 6.09 Å². The second-order valence-corrected chi connectivity index (χ2v) is 15.8. The van der Waals surface area contributed by atoms with Crippen LogP contribution in [0.4, 0.5) is 4.79 Å². The Kier molecular flexibility index (Phi) is 12.5. The van der Waals surface area contributed by atoms with E-state index < -0.39 is 23.6 Å². The molecule has 3 aliphatic rings. The minimum Gasteiger partial charge on any atom is -0.445 e. The number of halogens is 1. The Labute approximate surface area is 302 Å². The molecule has 10 nitrogen and oxygen atoms in total. The van der Waals surface area contributed by atoms with E-state index in [-0.39, 0.29) is 42.8 Å². The number of ether oxygens (including phenoxy) is 1. The first-order chi connectivity index (χ1) is 23.8. The highest BCUT2D eigenvalue weighted by Crippen LogP contribution is 2.46. The Morgan fingerprint density at radius 3 is 2.18 bits per heavy atom. The Bertz CT molecular complexity index is 1470. The number of nitrogens with one attached hydrogen (secondary N) is 2. The Balaban J connectivity index is 1.28. The van der Waals surface area contributed by atoms with Crippen LogP contribution in [0.5, 0.6) is 0 Å². The number of rotatable bonds is 9. The number of amides is 4. The van der Waals surface area contributed by atoms with Crippen molar-refractivity contribution in [2.45, 2.75) is 96.4 Å². The fourth-order valence-electron chi connectivity index (χ4n) is 7.74. The van der Waals surface area contributed by atoms with Crippen molar-refractivity contribution in [3.05, 3.63) is 70.7 Å². The van der Waals surface area contributed by atoms with Crippen LogP contribution < -0.4 is 10.6 Å². The van der Waals surface area contributed by atoms with Crippen LogP contribution in [-0.4, -0.2) is 95.9 Å². The summed E-state index contributed by atoms with van der Waals surface area (Å²) in [4.78, 5) is 60.5. The van der Waals surface area contributed by atoms with E-state index in [2.05, 4.69) is 10.6 Å². The summed E-state index contributed by atoms with van der Waals surface area (Å²) in [6, 6.07) is 15.3. The van der Waals surface area contributed by atoms with E-state index >= 15 is 0 Å². The molecule has 0 spiro atoms. The van der Waals surface area contributed by atoms with E-state index in [0.717, 1.165) is 36.8 Å². The zero-order valence-electron chi connectivity index (χ0n) is 30.1. The number of carbonyl (C=O) groups excluding carboxylic acids is 4. The molecule has 3 fully saturated rings. The summed E-state index contributed by atoms with van der Waals surface area (Å²) in [7, 11) is 1.85. The number of hydrogen-bond donors (Lipinski definition) is 2. The van der Waals surface area contributed by atoms with Crippen molar-refractivity contribution in [3.8, 4) is 0 Å². The number of likely N-dealkylation sites (N-methyl/N-ethyl adjacent to an activating group) is 1. The van der Waals surface area contributed by atoms with Gasteiger partial charge < -0.3 is 25.2 Å². The molecule has 11 heteroatoms. The highest BCUT2D eigenvalue weighted by Gasteiger charge is 2.49. The van der Waals surface area contributed by atoms with E-state index in [9.17, 15) is 19.2 Å². The summed E-state index contributed by atoms with van der Waals surface area (Å²) in [6.45, 7) is 8.15. The first-order valence-electron chi connectivity index (χ1n) is 18.2. The maximum atomic E-state index is 14.3. The van der Waals surface area contributed by atoms with Gasteiger partial charge in [0.05, 0.1) is 5.41 Å². The summed E-state index contributed by atoms with van der Waals surface area (Å²) in [5.74, 6) is -0.0929. The lowest BCUT2D eigenvalue weighted by Gasteiger charge is -2.48. The molecule has 2 saturated heterocycles. The second kappa shape index (κ2) is 16.6. The average molecular weight is 708 g/mol. The molecule has 2 N–H and O–H groups in total. The summed E-state index contributed by atoms with van der Waals surface area (Å²) < 4.78 is 5.56. The van der Waals surface area contributed by atoms with Gasteiger partial charge in [-0.3, -0.25) is 19.3 Å². The van der Waals surface area contributed by atoms with Crippen LogP contribution in [0.1, 0.15) is 76.8 Å².